The van der Waals surface area contributed by atoms with E-state index in [9.17, 15) is 4.79 Å². The summed E-state index contributed by atoms with van der Waals surface area (Å²) in [5, 5.41) is 3.39. The average molecular weight is 256 g/mol. The third kappa shape index (κ3) is 2.68. The maximum atomic E-state index is 11.0. The fraction of sp³-hybridized carbons (Fsp3) is 0.462. The molecule has 1 aromatic rings. The number of benzene rings is 1. The van der Waals surface area contributed by atoms with Crippen molar-refractivity contribution < 1.29 is 9.53 Å². The summed E-state index contributed by atoms with van der Waals surface area (Å²) < 4.78 is 5.64. The number of carbonyl (C=O) groups excluding carboxylic acids is 1. The summed E-state index contributed by atoms with van der Waals surface area (Å²) in [5.41, 5.74) is 1.18. The fourth-order valence-electron chi connectivity index (χ4n) is 2.36. The first-order valence-electron chi connectivity index (χ1n) is 5.67. The first kappa shape index (κ1) is 14.2. The van der Waals surface area contributed by atoms with Gasteiger partial charge in [-0.05, 0) is 25.8 Å². The fourth-order valence-corrected chi connectivity index (χ4v) is 2.36. The average Bonchev–Trinajstić information content (AvgIpc) is 2.39. The van der Waals surface area contributed by atoms with Gasteiger partial charge >= 0.3 is 0 Å². The molecule has 1 atom stereocenters. The van der Waals surface area contributed by atoms with Crippen LogP contribution in [0.1, 0.15) is 35.2 Å². The molecule has 0 saturated carbocycles. The van der Waals surface area contributed by atoms with Gasteiger partial charge in [0.25, 0.3) is 0 Å². The van der Waals surface area contributed by atoms with Crippen LogP contribution in [0.15, 0.2) is 24.3 Å². The molecule has 17 heavy (non-hydrogen) atoms. The molecular formula is C13H18ClNO2. The van der Waals surface area contributed by atoms with Crippen LogP contribution in [0.4, 0.5) is 0 Å². The molecule has 1 N–H and O–H groups in total. The van der Waals surface area contributed by atoms with Crippen LogP contribution >= 0.6 is 12.4 Å². The molecule has 1 aliphatic heterocycles. The Labute approximate surface area is 108 Å². The maximum absolute atomic E-state index is 11.0. The van der Waals surface area contributed by atoms with E-state index in [0.717, 1.165) is 37.7 Å². The molecule has 1 aromatic carbocycles. The minimum absolute atomic E-state index is 0. The third-order valence-corrected chi connectivity index (χ3v) is 3.24. The lowest BCUT2D eigenvalue weighted by molar-refractivity contribution is -0.0651. The first-order valence-corrected chi connectivity index (χ1v) is 5.67. The summed E-state index contributed by atoms with van der Waals surface area (Å²) in [7, 11) is 1.69. The molecule has 0 aliphatic carbocycles. The van der Waals surface area contributed by atoms with Crippen LogP contribution in [0, 0.1) is 0 Å². The molecule has 0 spiro atoms. The molecule has 0 radical (unpaired) electrons. The number of aldehydes is 1. The number of ether oxygens (including phenoxy) is 1. The van der Waals surface area contributed by atoms with E-state index < -0.39 is 5.72 Å². The van der Waals surface area contributed by atoms with Crippen LogP contribution < -0.4 is 5.32 Å². The zero-order chi connectivity index (χ0) is 11.4. The lowest BCUT2D eigenvalue weighted by Crippen LogP contribution is -2.47. The van der Waals surface area contributed by atoms with E-state index in [1.54, 1.807) is 7.11 Å². The Balaban J connectivity index is 0.00000144. The minimum Gasteiger partial charge on any atom is -0.360 e. The molecule has 4 heteroatoms. The van der Waals surface area contributed by atoms with E-state index in [1.807, 2.05) is 24.3 Å². The van der Waals surface area contributed by atoms with Gasteiger partial charge in [-0.25, -0.2) is 0 Å². The van der Waals surface area contributed by atoms with Crippen molar-refractivity contribution in [2.45, 2.75) is 25.0 Å². The van der Waals surface area contributed by atoms with Crippen molar-refractivity contribution in [3.63, 3.8) is 0 Å². The zero-order valence-electron chi connectivity index (χ0n) is 9.94. The van der Waals surface area contributed by atoms with Crippen molar-refractivity contribution >= 4 is 18.7 Å². The molecule has 0 unspecified atom stereocenters. The summed E-state index contributed by atoms with van der Waals surface area (Å²) in [6, 6.07) is 7.61. The maximum Gasteiger partial charge on any atom is 0.150 e. The van der Waals surface area contributed by atoms with Crippen LogP contribution in [0.25, 0.3) is 0 Å². The Morgan fingerprint density at radius 1 is 1.35 bits per heavy atom. The van der Waals surface area contributed by atoms with Gasteiger partial charge in [0, 0.05) is 18.2 Å². The number of nitrogens with one attached hydrogen (secondary N) is 1. The molecule has 0 bridgehead atoms. The van der Waals surface area contributed by atoms with Crippen molar-refractivity contribution in [1.29, 1.82) is 0 Å². The molecule has 0 aromatic heterocycles. The summed E-state index contributed by atoms with van der Waals surface area (Å²) in [4.78, 5) is 11.0. The zero-order valence-corrected chi connectivity index (χ0v) is 10.8. The van der Waals surface area contributed by atoms with Gasteiger partial charge in [-0.1, -0.05) is 24.3 Å². The van der Waals surface area contributed by atoms with E-state index in [0.29, 0.717) is 5.56 Å². The van der Waals surface area contributed by atoms with E-state index in [1.165, 1.54) is 0 Å². The van der Waals surface area contributed by atoms with Crippen LogP contribution in [0.3, 0.4) is 0 Å². The van der Waals surface area contributed by atoms with E-state index in [4.69, 9.17) is 4.74 Å². The van der Waals surface area contributed by atoms with Crippen molar-refractivity contribution in [2.75, 3.05) is 13.7 Å². The Morgan fingerprint density at radius 2 is 2.12 bits per heavy atom. The van der Waals surface area contributed by atoms with E-state index in [2.05, 4.69) is 5.32 Å². The molecule has 0 amide bonds. The quantitative estimate of drug-likeness (QED) is 0.844. The molecule has 1 heterocycles. The standard InChI is InChI=1S/C13H17NO2.ClH/c1-16-13(8-4-5-9-14-13)12-7-3-2-6-11(12)10-15;/h2-3,6-7,10,14H,4-5,8-9H2,1H3;1H/t13-;/m1./s1. The van der Waals surface area contributed by atoms with Crippen molar-refractivity contribution in [3.05, 3.63) is 35.4 Å². The number of piperidine rings is 1. The molecule has 1 saturated heterocycles. The van der Waals surface area contributed by atoms with Gasteiger partial charge in [0.1, 0.15) is 12.0 Å². The predicted molar refractivity (Wildman–Crippen MR) is 69.6 cm³/mol. The Bertz CT molecular complexity index is 375. The highest BCUT2D eigenvalue weighted by atomic mass is 35.5. The summed E-state index contributed by atoms with van der Waals surface area (Å²) in [6.45, 7) is 0.932. The van der Waals surface area contributed by atoms with Crippen LogP contribution in [0.5, 0.6) is 0 Å². The number of hydrogen-bond donors (Lipinski definition) is 1. The van der Waals surface area contributed by atoms with E-state index in [-0.39, 0.29) is 12.4 Å². The van der Waals surface area contributed by atoms with Crippen LogP contribution in [-0.2, 0) is 10.5 Å². The van der Waals surface area contributed by atoms with Gasteiger partial charge in [-0.15, -0.1) is 12.4 Å². The topological polar surface area (TPSA) is 38.3 Å². The Hall–Kier alpha value is -0.900. The highest BCUT2D eigenvalue weighted by Gasteiger charge is 2.34. The highest BCUT2D eigenvalue weighted by molar-refractivity contribution is 5.85. The minimum atomic E-state index is -0.476. The number of halogens is 1. The van der Waals surface area contributed by atoms with Gasteiger partial charge in [0.2, 0.25) is 0 Å². The normalized spacial score (nSPS) is 23.8. The molecular weight excluding hydrogens is 238 g/mol. The summed E-state index contributed by atoms with van der Waals surface area (Å²) >= 11 is 0. The molecule has 94 valence electrons. The van der Waals surface area contributed by atoms with Gasteiger partial charge < -0.3 is 4.74 Å². The second kappa shape index (κ2) is 6.15. The number of carbonyl (C=O) groups is 1. The van der Waals surface area contributed by atoms with Gasteiger partial charge in [0.05, 0.1) is 0 Å². The van der Waals surface area contributed by atoms with Gasteiger partial charge in [0.15, 0.2) is 0 Å². The van der Waals surface area contributed by atoms with Crippen molar-refractivity contribution in [1.82, 2.24) is 5.32 Å². The van der Waals surface area contributed by atoms with Gasteiger partial charge in [-0.2, -0.15) is 0 Å². The predicted octanol–water partition coefficient (Wildman–Crippen LogP) is 2.49. The largest absolute Gasteiger partial charge is 0.360 e. The smallest absolute Gasteiger partial charge is 0.150 e. The molecule has 2 rings (SSSR count). The third-order valence-electron chi connectivity index (χ3n) is 3.24. The van der Waals surface area contributed by atoms with E-state index >= 15 is 0 Å². The monoisotopic (exact) mass is 255 g/mol. The second-order valence-electron chi connectivity index (χ2n) is 4.12. The van der Waals surface area contributed by atoms with Crippen molar-refractivity contribution in [3.8, 4) is 0 Å². The molecule has 1 aliphatic rings. The molecule has 3 nitrogen and oxygen atoms in total. The first-order chi connectivity index (χ1) is 7.82. The SMILES string of the molecule is CO[C@@]1(c2ccccc2C=O)CCCCN1.Cl. The Kier molecular flexibility index (Phi) is 5.12. The number of methoxy groups -OCH3 is 1. The summed E-state index contributed by atoms with van der Waals surface area (Å²) in [6.07, 6.45) is 4.09. The lowest BCUT2D eigenvalue weighted by atomic mass is 9.90. The molecule has 1 fully saturated rings. The lowest BCUT2D eigenvalue weighted by Gasteiger charge is -2.38. The summed E-state index contributed by atoms with van der Waals surface area (Å²) in [5.74, 6) is 0. The number of rotatable bonds is 3. The Morgan fingerprint density at radius 3 is 2.71 bits per heavy atom. The number of hydrogen-bond acceptors (Lipinski definition) is 3. The van der Waals surface area contributed by atoms with Gasteiger partial charge in [-0.3, -0.25) is 10.1 Å². The van der Waals surface area contributed by atoms with Crippen LogP contribution in [0.2, 0.25) is 0 Å². The highest BCUT2D eigenvalue weighted by Crippen LogP contribution is 2.32. The van der Waals surface area contributed by atoms with Crippen molar-refractivity contribution in [2.24, 2.45) is 0 Å². The van der Waals surface area contributed by atoms with Crippen LogP contribution in [-0.4, -0.2) is 19.9 Å². The second-order valence-corrected chi connectivity index (χ2v) is 4.12.